The lowest BCUT2D eigenvalue weighted by Gasteiger charge is -2.13. The van der Waals surface area contributed by atoms with E-state index in [9.17, 15) is 4.79 Å². The first kappa shape index (κ1) is 17.9. The van der Waals surface area contributed by atoms with Gasteiger partial charge in [-0.1, -0.05) is 6.07 Å². The number of carbonyl (C=O) groups excluding carboxylic acids is 1. The van der Waals surface area contributed by atoms with Crippen LogP contribution in [0.25, 0.3) is 0 Å². The monoisotopic (exact) mass is 358 g/mol. The standard InChI is InChI=1S/C20H18N6O/c1-26(2)17-8-6-15(7-9-17)24-20-22-11-10-18(25-20)19(27)23-16-5-3-4-14(12-16)13-21/h3-12H,1-2H3,(H,23,27)(H,22,24,25). The Hall–Kier alpha value is -3.92. The minimum Gasteiger partial charge on any atom is -0.378 e. The largest absolute Gasteiger partial charge is 0.378 e. The van der Waals surface area contributed by atoms with Crippen LogP contribution in [0.3, 0.4) is 0 Å². The number of aromatic nitrogens is 2. The number of rotatable bonds is 5. The van der Waals surface area contributed by atoms with Gasteiger partial charge in [-0.05, 0) is 48.5 Å². The summed E-state index contributed by atoms with van der Waals surface area (Å²) in [5.41, 5.74) is 3.12. The molecule has 134 valence electrons. The molecule has 2 N–H and O–H groups in total. The first-order chi connectivity index (χ1) is 13.0. The molecule has 0 saturated carbocycles. The summed E-state index contributed by atoms with van der Waals surface area (Å²) in [7, 11) is 3.94. The molecule has 0 fully saturated rings. The molecule has 0 radical (unpaired) electrons. The van der Waals surface area contributed by atoms with Gasteiger partial charge in [0.1, 0.15) is 5.69 Å². The van der Waals surface area contributed by atoms with Crippen LogP contribution in [0, 0.1) is 11.3 Å². The molecule has 1 amide bonds. The quantitative estimate of drug-likeness (QED) is 0.726. The van der Waals surface area contributed by atoms with Crippen molar-refractivity contribution in [2.75, 3.05) is 29.6 Å². The van der Waals surface area contributed by atoms with Gasteiger partial charge in [-0.15, -0.1) is 0 Å². The number of nitrogens with one attached hydrogen (secondary N) is 2. The molecule has 3 aromatic rings. The molecule has 7 nitrogen and oxygen atoms in total. The van der Waals surface area contributed by atoms with Gasteiger partial charge in [-0.25, -0.2) is 9.97 Å². The van der Waals surface area contributed by atoms with Crippen molar-refractivity contribution in [1.82, 2.24) is 9.97 Å². The van der Waals surface area contributed by atoms with Crippen LogP contribution in [0.5, 0.6) is 0 Å². The second-order valence-electron chi connectivity index (χ2n) is 5.98. The number of hydrogen-bond donors (Lipinski definition) is 2. The summed E-state index contributed by atoms with van der Waals surface area (Å²) in [5.74, 6) is -0.0514. The molecule has 0 bridgehead atoms. The minimum absolute atomic E-state index is 0.222. The minimum atomic E-state index is -0.376. The fourth-order valence-corrected chi connectivity index (χ4v) is 2.38. The third kappa shape index (κ3) is 4.58. The average molecular weight is 358 g/mol. The van der Waals surface area contributed by atoms with E-state index < -0.39 is 0 Å². The second kappa shape index (κ2) is 7.97. The van der Waals surface area contributed by atoms with Crippen LogP contribution < -0.4 is 15.5 Å². The highest BCUT2D eigenvalue weighted by Gasteiger charge is 2.10. The van der Waals surface area contributed by atoms with Gasteiger partial charge < -0.3 is 15.5 Å². The van der Waals surface area contributed by atoms with Crippen molar-refractivity contribution in [2.45, 2.75) is 0 Å². The third-order valence-corrected chi connectivity index (χ3v) is 3.78. The molecule has 0 aliphatic heterocycles. The maximum Gasteiger partial charge on any atom is 0.274 e. The van der Waals surface area contributed by atoms with Crippen molar-refractivity contribution in [3.05, 3.63) is 72.1 Å². The molecule has 0 aliphatic carbocycles. The normalized spacial score (nSPS) is 9.96. The molecule has 0 atom stereocenters. The number of carbonyl (C=O) groups is 1. The van der Waals surface area contributed by atoms with Crippen molar-refractivity contribution in [3.8, 4) is 6.07 Å². The summed E-state index contributed by atoms with van der Waals surface area (Å²) < 4.78 is 0. The number of hydrogen-bond acceptors (Lipinski definition) is 6. The fourth-order valence-electron chi connectivity index (χ4n) is 2.38. The lowest BCUT2D eigenvalue weighted by atomic mass is 10.2. The van der Waals surface area contributed by atoms with Crippen molar-refractivity contribution >= 4 is 28.9 Å². The Labute approximate surface area is 157 Å². The van der Waals surface area contributed by atoms with Crippen LogP contribution in [-0.4, -0.2) is 30.0 Å². The zero-order valence-corrected chi connectivity index (χ0v) is 15.0. The lowest BCUT2D eigenvalue weighted by molar-refractivity contribution is 0.102. The molecule has 1 aromatic heterocycles. The van der Waals surface area contributed by atoms with Gasteiger partial charge in [-0.3, -0.25) is 4.79 Å². The van der Waals surface area contributed by atoms with Gasteiger partial charge in [0.25, 0.3) is 5.91 Å². The van der Waals surface area contributed by atoms with E-state index in [4.69, 9.17) is 5.26 Å². The number of benzene rings is 2. The summed E-state index contributed by atoms with van der Waals surface area (Å²) in [4.78, 5) is 22.8. The van der Waals surface area contributed by atoms with E-state index in [0.717, 1.165) is 11.4 Å². The molecule has 0 aliphatic rings. The Balaban J connectivity index is 1.72. The van der Waals surface area contributed by atoms with Crippen molar-refractivity contribution in [1.29, 1.82) is 5.26 Å². The van der Waals surface area contributed by atoms with Crippen LogP contribution >= 0.6 is 0 Å². The van der Waals surface area contributed by atoms with Crippen LogP contribution in [0.2, 0.25) is 0 Å². The van der Waals surface area contributed by atoms with Gasteiger partial charge in [0.05, 0.1) is 11.6 Å². The summed E-state index contributed by atoms with van der Waals surface area (Å²) in [6.45, 7) is 0. The Morgan fingerprint density at radius 2 is 1.85 bits per heavy atom. The summed E-state index contributed by atoms with van der Waals surface area (Å²) in [5, 5.41) is 14.8. The first-order valence-electron chi connectivity index (χ1n) is 8.24. The van der Waals surface area contributed by atoms with E-state index >= 15 is 0 Å². The van der Waals surface area contributed by atoms with E-state index in [1.54, 1.807) is 24.3 Å². The Morgan fingerprint density at radius 1 is 1.07 bits per heavy atom. The predicted octanol–water partition coefficient (Wildman–Crippen LogP) is 3.41. The number of nitrogens with zero attached hydrogens (tertiary/aromatic N) is 4. The Bertz CT molecular complexity index is 992. The van der Waals surface area contributed by atoms with Gasteiger partial charge in [0.15, 0.2) is 0 Å². The lowest BCUT2D eigenvalue weighted by Crippen LogP contribution is -2.14. The molecule has 1 heterocycles. The highest BCUT2D eigenvalue weighted by molar-refractivity contribution is 6.03. The molecule has 0 spiro atoms. The van der Waals surface area contributed by atoms with Gasteiger partial charge in [0, 0.05) is 37.4 Å². The van der Waals surface area contributed by atoms with Crippen LogP contribution in [0.15, 0.2) is 60.8 Å². The molecular weight excluding hydrogens is 340 g/mol. The molecule has 0 saturated heterocycles. The van der Waals surface area contributed by atoms with E-state index in [0.29, 0.717) is 17.2 Å². The number of amides is 1. The smallest absolute Gasteiger partial charge is 0.274 e. The number of nitriles is 1. The van der Waals surface area contributed by atoms with Crippen LogP contribution in [0.4, 0.5) is 23.0 Å². The zero-order chi connectivity index (χ0) is 19.2. The van der Waals surface area contributed by atoms with Crippen LogP contribution in [-0.2, 0) is 0 Å². The summed E-state index contributed by atoms with van der Waals surface area (Å²) in [6, 6.07) is 18.0. The van der Waals surface area contributed by atoms with E-state index in [-0.39, 0.29) is 11.6 Å². The maximum atomic E-state index is 12.4. The first-order valence-corrected chi connectivity index (χ1v) is 8.24. The zero-order valence-electron chi connectivity index (χ0n) is 15.0. The van der Waals surface area contributed by atoms with Crippen LogP contribution in [0.1, 0.15) is 16.1 Å². The van der Waals surface area contributed by atoms with Crippen molar-refractivity contribution in [2.24, 2.45) is 0 Å². The molecule has 27 heavy (non-hydrogen) atoms. The predicted molar refractivity (Wildman–Crippen MR) is 105 cm³/mol. The van der Waals surface area contributed by atoms with Crippen molar-refractivity contribution < 1.29 is 4.79 Å². The molecular formula is C20H18N6O. The topological polar surface area (TPSA) is 93.9 Å². The van der Waals surface area contributed by atoms with Crippen molar-refractivity contribution in [3.63, 3.8) is 0 Å². The molecule has 0 unspecified atom stereocenters. The maximum absolute atomic E-state index is 12.4. The second-order valence-corrected chi connectivity index (χ2v) is 5.98. The van der Waals surface area contributed by atoms with E-state index in [1.807, 2.05) is 49.3 Å². The Morgan fingerprint density at radius 3 is 2.56 bits per heavy atom. The third-order valence-electron chi connectivity index (χ3n) is 3.78. The van der Waals surface area contributed by atoms with Gasteiger partial charge in [-0.2, -0.15) is 5.26 Å². The molecule has 7 heteroatoms. The van der Waals surface area contributed by atoms with Gasteiger partial charge >= 0.3 is 0 Å². The summed E-state index contributed by atoms with van der Waals surface area (Å²) >= 11 is 0. The summed E-state index contributed by atoms with van der Waals surface area (Å²) in [6.07, 6.45) is 1.52. The highest BCUT2D eigenvalue weighted by Crippen LogP contribution is 2.18. The average Bonchev–Trinajstić information content (AvgIpc) is 2.68. The molecule has 2 aromatic carbocycles. The molecule has 3 rings (SSSR count). The van der Waals surface area contributed by atoms with E-state index in [2.05, 4.69) is 20.6 Å². The SMILES string of the molecule is CN(C)c1ccc(Nc2nccc(C(=O)Nc3cccc(C#N)c3)n2)cc1. The Kier molecular flexibility index (Phi) is 5.28. The van der Waals surface area contributed by atoms with Gasteiger partial charge in [0.2, 0.25) is 5.95 Å². The van der Waals surface area contributed by atoms with E-state index in [1.165, 1.54) is 12.3 Å². The number of anilines is 4. The highest BCUT2D eigenvalue weighted by atomic mass is 16.1. The fraction of sp³-hybridized carbons (Fsp3) is 0.100.